The average molecular weight is 451 g/mol. The van der Waals surface area contributed by atoms with Gasteiger partial charge in [-0.05, 0) is 32.0 Å². The molecule has 4 rings (SSSR count). The third-order valence-corrected chi connectivity index (χ3v) is 5.39. The van der Waals surface area contributed by atoms with Crippen molar-refractivity contribution in [3.8, 4) is 11.3 Å². The Morgan fingerprint density at radius 2 is 1.94 bits per heavy atom. The number of carbonyl (C=O) groups excluding carboxylic acids is 1. The minimum Gasteiger partial charge on any atom is -0.356 e. The molecule has 168 valence electrons. The zero-order valence-corrected chi connectivity index (χ0v) is 17.1. The number of nitrogens with zero attached hydrogens (tertiary/aromatic N) is 2. The van der Waals surface area contributed by atoms with E-state index in [-0.39, 0.29) is 29.6 Å². The molecule has 2 heterocycles. The maximum Gasteiger partial charge on any atom is 0.322 e. The lowest BCUT2D eigenvalue weighted by Crippen LogP contribution is -2.44. The summed E-state index contributed by atoms with van der Waals surface area (Å²) in [6.07, 6.45) is -1.48. The molecule has 0 aliphatic carbocycles. The van der Waals surface area contributed by atoms with Gasteiger partial charge in [0.25, 0.3) is 0 Å². The standard InChI is InChI=1S/C22H18F5N3O2/c1-10-5-19-16(21(32-29-19)14-4-3-12(24)6-17(14)25)9-30(10)22(31)28-13-7-15(11(2)23)20(27)18(26)8-13/h3-4,6-8,10-11H,5,9H2,1-2H3,(H,28,31). The topological polar surface area (TPSA) is 58.4 Å². The summed E-state index contributed by atoms with van der Waals surface area (Å²) in [6, 6.07) is 3.79. The molecule has 32 heavy (non-hydrogen) atoms. The number of anilines is 1. The second kappa shape index (κ2) is 8.25. The quantitative estimate of drug-likeness (QED) is 0.504. The molecule has 2 aromatic carbocycles. The average Bonchev–Trinajstić information content (AvgIpc) is 3.12. The molecule has 1 N–H and O–H groups in total. The number of benzene rings is 2. The number of alkyl halides is 1. The van der Waals surface area contributed by atoms with Crippen LogP contribution in [0.1, 0.15) is 36.8 Å². The van der Waals surface area contributed by atoms with Crippen LogP contribution in [0, 0.1) is 23.3 Å². The van der Waals surface area contributed by atoms with E-state index in [4.69, 9.17) is 4.52 Å². The van der Waals surface area contributed by atoms with Gasteiger partial charge >= 0.3 is 6.03 Å². The van der Waals surface area contributed by atoms with Crippen molar-refractivity contribution >= 4 is 11.7 Å². The monoisotopic (exact) mass is 451 g/mol. The second-order valence-corrected chi connectivity index (χ2v) is 7.65. The van der Waals surface area contributed by atoms with Gasteiger partial charge in [-0.25, -0.2) is 26.7 Å². The van der Waals surface area contributed by atoms with Crippen LogP contribution in [0.5, 0.6) is 0 Å². The number of hydrogen-bond donors (Lipinski definition) is 1. The number of amides is 2. The highest BCUT2D eigenvalue weighted by Gasteiger charge is 2.33. The van der Waals surface area contributed by atoms with E-state index >= 15 is 0 Å². The zero-order valence-electron chi connectivity index (χ0n) is 17.1. The summed E-state index contributed by atoms with van der Waals surface area (Å²) in [6.45, 7) is 2.78. The number of fused-ring (bicyclic) bond motifs is 1. The van der Waals surface area contributed by atoms with Gasteiger partial charge in [0.05, 0.1) is 17.8 Å². The van der Waals surface area contributed by atoms with Crippen LogP contribution in [0.2, 0.25) is 0 Å². The molecule has 2 amide bonds. The minimum atomic E-state index is -1.78. The van der Waals surface area contributed by atoms with Gasteiger partial charge in [-0.1, -0.05) is 5.16 Å². The van der Waals surface area contributed by atoms with Gasteiger partial charge in [0.1, 0.15) is 17.8 Å². The molecule has 0 radical (unpaired) electrons. The molecule has 1 aromatic heterocycles. The predicted molar refractivity (Wildman–Crippen MR) is 105 cm³/mol. The fourth-order valence-electron chi connectivity index (χ4n) is 3.71. The molecule has 5 nitrogen and oxygen atoms in total. The molecule has 0 bridgehead atoms. The van der Waals surface area contributed by atoms with Crippen LogP contribution < -0.4 is 5.32 Å². The third-order valence-electron chi connectivity index (χ3n) is 5.39. The van der Waals surface area contributed by atoms with E-state index in [1.165, 1.54) is 11.0 Å². The number of urea groups is 1. The molecular weight excluding hydrogens is 433 g/mol. The van der Waals surface area contributed by atoms with E-state index in [9.17, 15) is 26.7 Å². The van der Waals surface area contributed by atoms with Crippen molar-refractivity contribution in [2.45, 2.75) is 39.0 Å². The highest BCUT2D eigenvalue weighted by Crippen LogP contribution is 2.34. The van der Waals surface area contributed by atoms with Gasteiger partial charge in [-0.15, -0.1) is 0 Å². The fourth-order valence-corrected chi connectivity index (χ4v) is 3.71. The summed E-state index contributed by atoms with van der Waals surface area (Å²) >= 11 is 0. The van der Waals surface area contributed by atoms with Crippen LogP contribution in [0.4, 0.5) is 32.4 Å². The number of hydrogen-bond acceptors (Lipinski definition) is 3. The van der Waals surface area contributed by atoms with E-state index < -0.39 is 41.0 Å². The molecule has 0 saturated carbocycles. The Hall–Kier alpha value is -3.43. The lowest BCUT2D eigenvalue weighted by molar-refractivity contribution is 0.182. The molecule has 1 aliphatic heterocycles. The highest BCUT2D eigenvalue weighted by molar-refractivity contribution is 5.90. The first-order valence-electron chi connectivity index (χ1n) is 9.79. The predicted octanol–water partition coefficient (Wildman–Crippen LogP) is 5.91. The number of nitrogens with one attached hydrogen (secondary N) is 1. The van der Waals surface area contributed by atoms with Crippen molar-refractivity contribution in [1.29, 1.82) is 0 Å². The van der Waals surface area contributed by atoms with E-state index in [0.29, 0.717) is 23.7 Å². The SMILES string of the molecule is CC(F)c1cc(NC(=O)N2Cc3c(noc3-c3ccc(F)cc3F)CC2C)cc(F)c1F. The Balaban J connectivity index is 1.61. The Morgan fingerprint density at radius 3 is 2.62 bits per heavy atom. The lowest BCUT2D eigenvalue weighted by Gasteiger charge is -2.32. The molecule has 0 saturated heterocycles. The van der Waals surface area contributed by atoms with E-state index in [0.717, 1.165) is 25.1 Å². The first-order valence-corrected chi connectivity index (χ1v) is 9.79. The van der Waals surface area contributed by atoms with Crippen molar-refractivity contribution in [2.24, 2.45) is 0 Å². The summed E-state index contributed by atoms with van der Waals surface area (Å²) in [5.74, 6) is -4.12. The summed E-state index contributed by atoms with van der Waals surface area (Å²) in [4.78, 5) is 14.3. The van der Waals surface area contributed by atoms with Gasteiger partial charge in [0.15, 0.2) is 17.4 Å². The molecule has 3 aromatic rings. The third kappa shape index (κ3) is 3.92. The summed E-state index contributed by atoms with van der Waals surface area (Å²) < 4.78 is 74.0. The van der Waals surface area contributed by atoms with Crippen molar-refractivity contribution in [3.63, 3.8) is 0 Å². The summed E-state index contributed by atoms with van der Waals surface area (Å²) in [5, 5.41) is 6.40. The van der Waals surface area contributed by atoms with Gasteiger partial charge in [0.2, 0.25) is 0 Å². The fraction of sp³-hybridized carbons (Fsp3) is 0.273. The van der Waals surface area contributed by atoms with E-state index in [2.05, 4.69) is 10.5 Å². The summed E-state index contributed by atoms with van der Waals surface area (Å²) in [5.41, 5.74) is 0.356. The van der Waals surface area contributed by atoms with Crippen LogP contribution in [0.3, 0.4) is 0 Å². The Kier molecular flexibility index (Phi) is 5.62. The molecule has 2 unspecified atom stereocenters. The van der Waals surface area contributed by atoms with Crippen molar-refractivity contribution < 1.29 is 31.3 Å². The number of carbonyl (C=O) groups is 1. The number of aromatic nitrogens is 1. The Morgan fingerprint density at radius 1 is 1.19 bits per heavy atom. The van der Waals surface area contributed by atoms with Crippen LogP contribution >= 0.6 is 0 Å². The Labute approximate surface area is 179 Å². The molecule has 10 heteroatoms. The molecule has 0 spiro atoms. The van der Waals surface area contributed by atoms with Gasteiger partial charge < -0.3 is 14.7 Å². The maximum absolute atomic E-state index is 14.3. The Bertz CT molecular complexity index is 1190. The van der Waals surface area contributed by atoms with Crippen molar-refractivity contribution in [1.82, 2.24) is 10.1 Å². The van der Waals surface area contributed by atoms with E-state index in [1.54, 1.807) is 6.92 Å². The number of halogens is 5. The summed E-state index contributed by atoms with van der Waals surface area (Å²) in [7, 11) is 0. The molecular formula is C22H18F5N3O2. The largest absolute Gasteiger partial charge is 0.356 e. The van der Waals surface area contributed by atoms with Crippen LogP contribution in [-0.4, -0.2) is 22.1 Å². The second-order valence-electron chi connectivity index (χ2n) is 7.65. The molecule has 0 fully saturated rings. The van der Waals surface area contributed by atoms with Crippen LogP contribution in [0.15, 0.2) is 34.9 Å². The smallest absolute Gasteiger partial charge is 0.322 e. The first-order chi connectivity index (χ1) is 15.2. The van der Waals surface area contributed by atoms with E-state index in [1.807, 2.05) is 0 Å². The first kappa shape index (κ1) is 21.8. The lowest BCUT2D eigenvalue weighted by atomic mass is 9.97. The number of rotatable bonds is 3. The maximum atomic E-state index is 14.3. The van der Waals surface area contributed by atoms with Crippen molar-refractivity contribution in [3.05, 3.63) is 70.4 Å². The van der Waals surface area contributed by atoms with Crippen LogP contribution in [0.25, 0.3) is 11.3 Å². The van der Waals surface area contributed by atoms with Gasteiger partial charge in [-0.2, -0.15) is 0 Å². The normalized spacial score (nSPS) is 16.6. The molecule has 1 aliphatic rings. The highest BCUT2D eigenvalue weighted by atomic mass is 19.2. The van der Waals surface area contributed by atoms with Gasteiger partial charge in [0, 0.05) is 41.4 Å². The van der Waals surface area contributed by atoms with Gasteiger partial charge in [-0.3, -0.25) is 0 Å². The van der Waals surface area contributed by atoms with Crippen molar-refractivity contribution in [2.75, 3.05) is 5.32 Å². The molecule has 2 atom stereocenters. The van der Waals surface area contributed by atoms with Crippen LogP contribution in [-0.2, 0) is 13.0 Å². The zero-order chi connectivity index (χ0) is 23.2. The minimum absolute atomic E-state index is 0.00255.